The first-order valence-corrected chi connectivity index (χ1v) is 9.55. The third-order valence-electron chi connectivity index (χ3n) is 4.39. The highest BCUT2D eigenvalue weighted by molar-refractivity contribution is 5.79. The van der Waals surface area contributed by atoms with Gasteiger partial charge in [0, 0.05) is 39.9 Å². The molecule has 2 aromatic rings. The summed E-state index contributed by atoms with van der Waals surface area (Å²) >= 11 is 0. The second-order valence-electron chi connectivity index (χ2n) is 6.52. The number of rotatable bonds is 9. The molecule has 0 saturated carbocycles. The number of nitrogens with zero attached hydrogens (tertiary/aromatic N) is 4. The first-order valence-electron chi connectivity index (χ1n) is 9.55. The molecule has 1 heterocycles. The van der Waals surface area contributed by atoms with Crippen LogP contribution < -0.4 is 20.1 Å². The van der Waals surface area contributed by atoms with Crippen molar-refractivity contribution in [3.63, 3.8) is 0 Å². The first kappa shape index (κ1) is 24.0. The van der Waals surface area contributed by atoms with E-state index in [1.54, 1.807) is 21.3 Å². The highest BCUT2D eigenvalue weighted by Gasteiger charge is 2.32. The van der Waals surface area contributed by atoms with Gasteiger partial charge in [0.25, 0.3) is 0 Å². The number of alkyl halides is 3. The van der Waals surface area contributed by atoms with Gasteiger partial charge in [-0.05, 0) is 30.2 Å². The molecule has 0 amide bonds. The Kier molecular flexibility index (Phi) is 8.71. The summed E-state index contributed by atoms with van der Waals surface area (Å²) in [7, 11) is 6.75. The zero-order chi connectivity index (χ0) is 22.9. The van der Waals surface area contributed by atoms with Crippen LogP contribution in [0, 0.1) is 0 Å². The monoisotopic (exact) mass is 440 g/mol. The van der Waals surface area contributed by atoms with Crippen molar-refractivity contribution in [1.82, 2.24) is 20.2 Å². The summed E-state index contributed by atoms with van der Waals surface area (Å²) in [5.41, 5.74) is 0.104. The van der Waals surface area contributed by atoms with Gasteiger partial charge in [-0.15, -0.1) is 0 Å². The number of methoxy groups -OCH3 is 2. The van der Waals surface area contributed by atoms with Crippen molar-refractivity contribution < 1.29 is 22.6 Å². The summed E-state index contributed by atoms with van der Waals surface area (Å²) < 4.78 is 48.7. The molecule has 0 aliphatic carbocycles. The molecule has 0 fully saturated rings. The van der Waals surface area contributed by atoms with E-state index in [4.69, 9.17) is 9.47 Å². The van der Waals surface area contributed by atoms with E-state index in [1.165, 1.54) is 0 Å². The average Bonchev–Trinajstić information content (AvgIpc) is 2.76. The van der Waals surface area contributed by atoms with Crippen molar-refractivity contribution in [2.45, 2.75) is 12.6 Å². The highest BCUT2D eigenvalue weighted by atomic mass is 19.4. The number of hydrogen-bond donors (Lipinski definition) is 2. The summed E-state index contributed by atoms with van der Waals surface area (Å²) in [5, 5.41) is 5.93. The van der Waals surface area contributed by atoms with Gasteiger partial charge in [-0.2, -0.15) is 13.2 Å². The van der Waals surface area contributed by atoms with Crippen molar-refractivity contribution in [2.75, 3.05) is 53.3 Å². The van der Waals surface area contributed by atoms with E-state index in [-0.39, 0.29) is 5.95 Å². The minimum Gasteiger partial charge on any atom is -0.493 e. The SMILES string of the molecule is CN=C(NCCNc1nccc(C(F)(F)F)n1)N(C)CCc1ccc(OC)c(OC)c1. The molecule has 0 aliphatic heterocycles. The van der Waals surface area contributed by atoms with E-state index in [2.05, 4.69) is 25.6 Å². The minimum absolute atomic E-state index is 0.0755. The zero-order valence-corrected chi connectivity index (χ0v) is 18.0. The molecule has 0 aliphatic rings. The minimum atomic E-state index is -4.50. The Balaban J connectivity index is 1.81. The Morgan fingerprint density at radius 3 is 2.52 bits per heavy atom. The van der Waals surface area contributed by atoms with E-state index < -0.39 is 11.9 Å². The lowest BCUT2D eigenvalue weighted by atomic mass is 10.1. The van der Waals surface area contributed by atoms with Gasteiger partial charge < -0.3 is 25.0 Å². The Bertz CT molecular complexity index is 876. The normalized spacial score (nSPS) is 11.8. The number of nitrogens with one attached hydrogen (secondary N) is 2. The number of aromatic nitrogens is 2. The second kappa shape index (κ2) is 11.2. The lowest BCUT2D eigenvalue weighted by Crippen LogP contribution is -2.41. The van der Waals surface area contributed by atoms with Gasteiger partial charge in [-0.1, -0.05) is 6.07 Å². The number of anilines is 1. The number of likely N-dealkylation sites (N-methyl/N-ethyl adjacent to an activating group) is 1. The van der Waals surface area contributed by atoms with E-state index in [1.807, 2.05) is 30.1 Å². The Morgan fingerprint density at radius 2 is 1.87 bits per heavy atom. The molecule has 0 saturated heterocycles. The number of guanidine groups is 1. The molecule has 1 aromatic heterocycles. The summed E-state index contributed by atoms with van der Waals surface area (Å²) in [5.74, 6) is 1.93. The van der Waals surface area contributed by atoms with Crippen LogP contribution in [0.1, 0.15) is 11.3 Å². The van der Waals surface area contributed by atoms with Crippen LogP contribution in [0.5, 0.6) is 11.5 Å². The van der Waals surface area contributed by atoms with Crippen LogP contribution in [0.25, 0.3) is 0 Å². The molecule has 0 spiro atoms. The van der Waals surface area contributed by atoms with Crippen LogP contribution in [0.15, 0.2) is 35.5 Å². The predicted molar refractivity (Wildman–Crippen MR) is 113 cm³/mol. The number of benzene rings is 1. The zero-order valence-electron chi connectivity index (χ0n) is 18.0. The van der Waals surface area contributed by atoms with Gasteiger partial charge >= 0.3 is 6.18 Å². The molecule has 2 N–H and O–H groups in total. The molecular weight excluding hydrogens is 413 g/mol. The molecule has 8 nitrogen and oxygen atoms in total. The second-order valence-corrected chi connectivity index (χ2v) is 6.52. The summed E-state index contributed by atoms with van der Waals surface area (Å²) in [6, 6.07) is 6.60. The molecule has 0 atom stereocenters. The molecule has 0 unspecified atom stereocenters. The number of aliphatic imine (C=N–C) groups is 1. The van der Waals surface area contributed by atoms with Gasteiger partial charge in [0.1, 0.15) is 5.69 Å². The fraction of sp³-hybridized carbons (Fsp3) is 0.450. The average molecular weight is 440 g/mol. The Hall–Kier alpha value is -3.24. The van der Waals surface area contributed by atoms with Gasteiger partial charge in [0.2, 0.25) is 5.95 Å². The van der Waals surface area contributed by atoms with Gasteiger partial charge in [-0.3, -0.25) is 4.99 Å². The van der Waals surface area contributed by atoms with E-state index in [9.17, 15) is 13.2 Å². The fourth-order valence-electron chi connectivity index (χ4n) is 2.77. The van der Waals surface area contributed by atoms with Crippen molar-refractivity contribution in [3.8, 4) is 11.5 Å². The van der Waals surface area contributed by atoms with Gasteiger partial charge in [0.15, 0.2) is 17.5 Å². The number of hydrogen-bond acceptors (Lipinski definition) is 6. The van der Waals surface area contributed by atoms with Crippen molar-refractivity contribution in [1.29, 1.82) is 0 Å². The molecule has 0 bridgehead atoms. The molecular formula is C20H27F3N6O2. The molecule has 0 radical (unpaired) electrons. The lowest BCUT2D eigenvalue weighted by Gasteiger charge is -2.22. The van der Waals surface area contributed by atoms with Crippen molar-refractivity contribution in [2.24, 2.45) is 4.99 Å². The smallest absolute Gasteiger partial charge is 0.433 e. The summed E-state index contributed by atoms with van der Waals surface area (Å²) in [6.07, 6.45) is -2.67. The third-order valence-corrected chi connectivity index (χ3v) is 4.39. The highest BCUT2D eigenvalue weighted by Crippen LogP contribution is 2.28. The number of ether oxygens (including phenoxy) is 2. The third kappa shape index (κ3) is 7.19. The largest absolute Gasteiger partial charge is 0.493 e. The molecule has 1 aromatic carbocycles. The van der Waals surface area contributed by atoms with Crippen LogP contribution >= 0.6 is 0 Å². The van der Waals surface area contributed by atoms with Crippen molar-refractivity contribution in [3.05, 3.63) is 41.7 Å². The summed E-state index contributed by atoms with van der Waals surface area (Å²) in [4.78, 5) is 13.5. The number of halogens is 3. The standard InChI is InChI=1S/C20H27F3N6O2/c1-24-19(27-11-10-26-18-25-9-7-17(28-18)20(21,22)23)29(2)12-8-14-5-6-15(30-3)16(13-14)31-4/h5-7,9,13H,8,10-12H2,1-4H3,(H,24,27)(H,25,26,28). The maximum atomic E-state index is 12.7. The first-order chi connectivity index (χ1) is 14.8. The van der Waals surface area contributed by atoms with Crippen LogP contribution in [-0.4, -0.2) is 68.8 Å². The Labute approximate surface area is 179 Å². The Morgan fingerprint density at radius 1 is 1.13 bits per heavy atom. The lowest BCUT2D eigenvalue weighted by molar-refractivity contribution is -0.141. The van der Waals surface area contributed by atoms with E-state index in [0.29, 0.717) is 37.1 Å². The topological polar surface area (TPSA) is 83.9 Å². The molecule has 11 heteroatoms. The van der Waals surface area contributed by atoms with Crippen LogP contribution in [0.3, 0.4) is 0 Å². The maximum Gasteiger partial charge on any atom is 0.433 e. The fourth-order valence-corrected chi connectivity index (χ4v) is 2.77. The van der Waals surface area contributed by atoms with Gasteiger partial charge in [0.05, 0.1) is 14.2 Å². The van der Waals surface area contributed by atoms with E-state index in [0.717, 1.165) is 24.2 Å². The van der Waals surface area contributed by atoms with Crippen molar-refractivity contribution >= 4 is 11.9 Å². The van der Waals surface area contributed by atoms with Crippen LogP contribution in [0.4, 0.5) is 19.1 Å². The summed E-state index contributed by atoms with van der Waals surface area (Å²) in [6.45, 7) is 1.44. The molecule has 170 valence electrons. The van der Waals surface area contributed by atoms with Crippen LogP contribution in [0.2, 0.25) is 0 Å². The van der Waals surface area contributed by atoms with E-state index >= 15 is 0 Å². The van der Waals surface area contributed by atoms with Gasteiger partial charge in [-0.25, -0.2) is 9.97 Å². The molecule has 2 rings (SSSR count). The quantitative estimate of drug-likeness (QED) is 0.352. The van der Waals surface area contributed by atoms with Crippen LogP contribution in [-0.2, 0) is 12.6 Å². The predicted octanol–water partition coefficient (Wildman–Crippen LogP) is 2.67. The molecule has 31 heavy (non-hydrogen) atoms. The maximum absolute atomic E-state index is 12.7.